The van der Waals surface area contributed by atoms with Gasteiger partial charge in [0, 0.05) is 19.2 Å². The minimum Gasteiger partial charge on any atom is -0.569 e. The summed E-state index contributed by atoms with van der Waals surface area (Å²) in [4.78, 5) is 38.2. The quantitative estimate of drug-likeness (QED) is 0.291. The van der Waals surface area contributed by atoms with Crippen molar-refractivity contribution < 1.29 is 34.3 Å². The van der Waals surface area contributed by atoms with Gasteiger partial charge in [0.05, 0.1) is 52.7 Å². The molecular formula is C14H18N6O9. The molecule has 15 nitrogen and oxygen atoms in total. The number of nitrogens with zero attached hydrogens (tertiary/aromatic N) is 6. The number of nitro benzene ring substituents is 2. The van der Waals surface area contributed by atoms with Gasteiger partial charge in [-0.05, 0) is 6.92 Å². The van der Waals surface area contributed by atoms with Crippen LogP contribution in [0.15, 0.2) is 17.4 Å². The van der Waals surface area contributed by atoms with Gasteiger partial charge in [0.15, 0.2) is 0 Å². The van der Waals surface area contributed by atoms with Crippen LogP contribution in [0.1, 0.15) is 12.5 Å². The molecule has 158 valence electrons. The standard InChI is InChI=1S/C14H18N6O9/c1-2-28-14(22)16-3-5-17(6-4-16)20(27)15-29-13-7-10(9-21)11(18(23)24)8-12(13)19(25)26/h7-8,21H,2-6,9H2,1H3/b20-15-. The van der Waals surface area contributed by atoms with Crippen molar-refractivity contribution in [2.75, 3.05) is 32.8 Å². The van der Waals surface area contributed by atoms with E-state index in [2.05, 4.69) is 5.28 Å². The maximum atomic E-state index is 12.1. The van der Waals surface area contributed by atoms with Crippen LogP contribution in [0.5, 0.6) is 5.75 Å². The fraction of sp³-hybridized carbons (Fsp3) is 0.500. The van der Waals surface area contributed by atoms with Crippen LogP contribution in [0.4, 0.5) is 16.2 Å². The molecule has 0 radical (unpaired) electrons. The summed E-state index contributed by atoms with van der Waals surface area (Å²) in [6.07, 6.45) is -0.504. The Balaban J connectivity index is 2.13. The molecule has 2 rings (SSSR count). The number of hydrogen-bond donors (Lipinski definition) is 1. The molecule has 0 aliphatic carbocycles. The maximum absolute atomic E-state index is 12.1. The lowest BCUT2D eigenvalue weighted by Crippen LogP contribution is -2.50. The van der Waals surface area contributed by atoms with Crippen LogP contribution in [-0.2, 0) is 11.3 Å². The number of nitro groups is 2. The van der Waals surface area contributed by atoms with Crippen molar-refractivity contribution in [3.05, 3.63) is 43.1 Å². The Labute approximate surface area is 163 Å². The SMILES string of the molecule is CCOC(=O)N1CCN(/[N+]([O-])=N/Oc2cc(CO)c([N+](=O)[O-])cc2[N+](=O)[O-])CC1. The average molecular weight is 414 g/mol. The van der Waals surface area contributed by atoms with E-state index >= 15 is 0 Å². The molecule has 1 aliphatic rings. The Kier molecular flexibility index (Phi) is 7.02. The third-order valence-corrected chi connectivity index (χ3v) is 3.96. The van der Waals surface area contributed by atoms with E-state index in [9.17, 15) is 35.3 Å². The number of carbonyl (C=O) groups is 1. The van der Waals surface area contributed by atoms with E-state index in [0.717, 1.165) is 6.07 Å². The zero-order valence-electron chi connectivity index (χ0n) is 15.3. The lowest BCUT2D eigenvalue weighted by atomic mass is 10.1. The largest absolute Gasteiger partial charge is 0.569 e. The molecule has 29 heavy (non-hydrogen) atoms. The highest BCUT2D eigenvalue weighted by atomic mass is 16.7. The second-order valence-electron chi connectivity index (χ2n) is 5.69. The molecule has 0 bridgehead atoms. The molecule has 0 saturated carbocycles. The summed E-state index contributed by atoms with van der Waals surface area (Å²) in [5.74, 6) is -0.546. The van der Waals surface area contributed by atoms with Crippen molar-refractivity contribution in [1.29, 1.82) is 0 Å². The van der Waals surface area contributed by atoms with Gasteiger partial charge in [0.2, 0.25) is 11.0 Å². The van der Waals surface area contributed by atoms with Crippen molar-refractivity contribution >= 4 is 17.5 Å². The van der Waals surface area contributed by atoms with Crippen LogP contribution < -0.4 is 4.84 Å². The first-order valence-electron chi connectivity index (χ1n) is 8.36. The maximum Gasteiger partial charge on any atom is 0.409 e. The average Bonchev–Trinajstić information content (AvgIpc) is 2.71. The van der Waals surface area contributed by atoms with Crippen LogP contribution in [0.25, 0.3) is 0 Å². The van der Waals surface area contributed by atoms with Gasteiger partial charge >= 0.3 is 11.8 Å². The van der Waals surface area contributed by atoms with Gasteiger partial charge in [-0.3, -0.25) is 25.1 Å². The highest BCUT2D eigenvalue weighted by Gasteiger charge is 2.28. The van der Waals surface area contributed by atoms with E-state index in [1.54, 1.807) is 6.92 Å². The summed E-state index contributed by atoms with van der Waals surface area (Å²) in [6, 6.07) is 1.48. The molecule has 1 N–H and O–H groups in total. The van der Waals surface area contributed by atoms with Crippen LogP contribution in [0, 0.1) is 25.4 Å². The number of amides is 1. The smallest absolute Gasteiger partial charge is 0.409 e. The van der Waals surface area contributed by atoms with Crippen molar-refractivity contribution in [3.8, 4) is 5.75 Å². The van der Waals surface area contributed by atoms with E-state index in [-0.39, 0.29) is 43.3 Å². The molecular weight excluding hydrogens is 396 g/mol. The van der Waals surface area contributed by atoms with Crippen LogP contribution >= 0.6 is 0 Å². The minimum atomic E-state index is -0.938. The first kappa shape index (κ1) is 21.5. The summed E-state index contributed by atoms with van der Waals surface area (Å²) < 4.78 is 4.86. The van der Waals surface area contributed by atoms with Gasteiger partial charge in [0.1, 0.15) is 0 Å². The van der Waals surface area contributed by atoms with E-state index in [0.29, 0.717) is 6.07 Å². The number of piperazine rings is 1. The Morgan fingerprint density at radius 3 is 2.28 bits per heavy atom. The van der Waals surface area contributed by atoms with Crippen LogP contribution in [0.2, 0.25) is 0 Å². The molecule has 1 fully saturated rings. The van der Waals surface area contributed by atoms with Crippen molar-refractivity contribution in [1.82, 2.24) is 9.91 Å². The Morgan fingerprint density at radius 2 is 1.76 bits per heavy atom. The molecule has 0 aromatic heterocycles. The van der Waals surface area contributed by atoms with Gasteiger partial charge in [-0.2, -0.15) is 0 Å². The van der Waals surface area contributed by atoms with Crippen LogP contribution in [0.3, 0.4) is 0 Å². The lowest BCUT2D eigenvalue weighted by Gasteiger charge is -2.30. The highest BCUT2D eigenvalue weighted by Crippen LogP contribution is 2.34. The number of hydrogen-bond acceptors (Lipinski definition) is 10. The monoisotopic (exact) mass is 414 g/mol. The second-order valence-corrected chi connectivity index (χ2v) is 5.69. The summed E-state index contributed by atoms with van der Waals surface area (Å²) in [6.45, 7) is 1.72. The number of ether oxygens (including phenoxy) is 1. The number of aliphatic hydroxyl groups is 1. The molecule has 15 heteroatoms. The second kappa shape index (κ2) is 9.45. The molecule has 0 spiro atoms. The Hall–Kier alpha value is -3.75. The van der Waals surface area contributed by atoms with Crippen molar-refractivity contribution in [2.24, 2.45) is 5.28 Å². The zero-order valence-corrected chi connectivity index (χ0v) is 15.3. The van der Waals surface area contributed by atoms with Gasteiger partial charge < -0.3 is 20.0 Å². The van der Waals surface area contributed by atoms with Crippen molar-refractivity contribution in [3.63, 3.8) is 0 Å². The predicted molar refractivity (Wildman–Crippen MR) is 92.5 cm³/mol. The lowest BCUT2D eigenvalue weighted by molar-refractivity contribution is -0.708. The predicted octanol–water partition coefficient (Wildman–Crippen LogP) is 0.941. The zero-order chi connectivity index (χ0) is 21.6. The molecule has 1 saturated heterocycles. The fourth-order valence-corrected chi connectivity index (χ4v) is 2.51. The number of rotatable bonds is 7. The number of aliphatic hydroxyl groups excluding tert-OH is 1. The van der Waals surface area contributed by atoms with Gasteiger partial charge in [-0.15, -0.1) is 5.01 Å². The molecule has 1 aliphatic heterocycles. The minimum absolute atomic E-state index is 0.0618. The van der Waals surface area contributed by atoms with E-state index in [4.69, 9.17) is 9.57 Å². The first-order valence-corrected chi connectivity index (χ1v) is 8.36. The topological polar surface area (TPSA) is 187 Å². The third kappa shape index (κ3) is 5.16. The summed E-state index contributed by atoms with van der Waals surface area (Å²) >= 11 is 0. The number of benzene rings is 1. The Morgan fingerprint density at radius 1 is 1.14 bits per heavy atom. The first-order chi connectivity index (χ1) is 13.8. The third-order valence-electron chi connectivity index (χ3n) is 3.96. The molecule has 0 atom stereocenters. The Bertz CT molecular complexity index is 822. The number of hydrazine groups is 1. The summed E-state index contributed by atoms with van der Waals surface area (Å²) in [7, 11) is 0. The number of carbonyl (C=O) groups excluding carboxylic acids is 1. The molecule has 1 heterocycles. The van der Waals surface area contributed by atoms with Gasteiger partial charge in [-0.25, -0.2) is 4.79 Å². The van der Waals surface area contributed by atoms with Crippen LogP contribution in [-0.4, -0.2) is 68.7 Å². The molecule has 0 unspecified atom stereocenters. The van der Waals surface area contributed by atoms with Gasteiger partial charge in [0.25, 0.3) is 5.69 Å². The molecule has 1 aromatic carbocycles. The summed E-state index contributed by atoms with van der Waals surface area (Å²) in [5.41, 5.74) is -1.70. The van der Waals surface area contributed by atoms with E-state index < -0.39 is 39.7 Å². The fourth-order valence-electron chi connectivity index (χ4n) is 2.51. The van der Waals surface area contributed by atoms with Crippen molar-refractivity contribution in [2.45, 2.75) is 13.5 Å². The van der Waals surface area contributed by atoms with Gasteiger partial charge in [-0.1, -0.05) is 0 Å². The van der Waals surface area contributed by atoms with E-state index in [1.165, 1.54) is 9.91 Å². The van der Waals surface area contributed by atoms with E-state index in [1.807, 2.05) is 0 Å². The molecule has 1 amide bonds. The summed E-state index contributed by atoms with van der Waals surface area (Å²) in [5, 5.41) is 47.8. The molecule has 1 aromatic rings. The normalized spacial score (nSPS) is 14.5. The highest BCUT2D eigenvalue weighted by molar-refractivity contribution is 5.67.